The fourth-order valence-electron chi connectivity index (χ4n) is 8.54. The molecule has 0 N–H and O–H groups in total. The molecule has 0 aliphatic carbocycles. The fourth-order valence-corrected chi connectivity index (χ4v) is 14.1. The highest BCUT2D eigenvalue weighted by atomic mass is 79.9. The van der Waals surface area contributed by atoms with Gasteiger partial charge in [-0.3, -0.25) is 0 Å². The summed E-state index contributed by atoms with van der Waals surface area (Å²) in [4.78, 5) is 5.49. The van der Waals surface area contributed by atoms with Crippen molar-refractivity contribution in [3.8, 4) is 31.0 Å². The summed E-state index contributed by atoms with van der Waals surface area (Å²) in [7, 11) is 0. The summed E-state index contributed by atoms with van der Waals surface area (Å²) in [6, 6.07) is 0. The molecule has 3 aromatic heterocycles. The summed E-state index contributed by atoms with van der Waals surface area (Å²) in [6.45, 7) is 13.7. The van der Waals surface area contributed by atoms with E-state index in [4.69, 9.17) is 9.47 Å². The van der Waals surface area contributed by atoms with E-state index in [0.29, 0.717) is 0 Å². The zero-order chi connectivity index (χ0) is 40.1. The zero-order valence-corrected chi connectivity index (χ0v) is 42.1. The maximum absolute atomic E-state index is 7.02. The Labute approximate surface area is 373 Å². The standard InChI is InChI=1S/C49H78Br2O2S3/c1-7-11-15-19-23-27-31-38-40(33-29-25-21-17-13-9-3)48(50)55-44(38)46-42-43(53-37(6)35-36(5)52-42)47(54-46)45-39(32-28-24-20-16-12-8-2)41(49(51)56-45)34-30-26-22-18-14-10-4/h36-37H,7-35H2,1-6H3. The normalized spacial score (nSPS) is 15.6. The number of fused-ring (bicyclic) bond motifs is 1. The summed E-state index contributed by atoms with van der Waals surface area (Å²) in [5, 5.41) is 0. The smallest absolute Gasteiger partial charge is 0.181 e. The number of thiophene rings is 3. The highest BCUT2D eigenvalue weighted by Gasteiger charge is 2.34. The largest absolute Gasteiger partial charge is 0.485 e. The molecule has 0 radical (unpaired) electrons. The van der Waals surface area contributed by atoms with Crippen molar-refractivity contribution in [1.29, 1.82) is 0 Å². The molecular weight excluding hydrogens is 877 g/mol. The van der Waals surface area contributed by atoms with Gasteiger partial charge in [0.25, 0.3) is 0 Å². The minimum atomic E-state index is 0.112. The number of unbranched alkanes of at least 4 members (excludes halogenated alkanes) is 20. The Kier molecular flexibility index (Phi) is 23.7. The van der Waals surface area contributed by atoms with Crippen LogP contribution in [0.2, 0.25) is 0 Å². The van der Waals surface area contributed by atoms with Crippen LogP contribution in [0.1, 0.15) is 224 Å². The van der Waals surface area contributed by atoms with Crippen molar-refractivity contribution in [2.45, 2.75) is 240 Å². The van der Waals surface area contributed by atoms with Crippen LogP contribution in [0.15, 0.2) is 7.57 Å². The third kappa shape index (κ3) is 15.0. The summed E-state index contributed by atoms with van der Waals surface area (Å²) in [6.07, 6.45) is 37.7. The second-order valence-corrected chi connectivity index (χ2v) is 22.6. The Morgan fingerprint density at radius 3 is 1.00 bits per heavy atom. The van der Waals surface area contributed by atoms with Gasteiger partial charge < -0.3 is 9.47 Å². The van der Waals surface area contributed by atoms with Gasteiger partial charge in [0.05, 0.1) is 39.3 Å². The first-order valence-corrected chi connectivity index (χ1v) is 27.5. The highest BCUT2D eigenvalue weighted by Crippen LogP contribution is 2.59. The van der Waals surface area contributed by atoms with Crippen molar-refractivity contribution in [3.63, 3.8) is 0 Å². The van der Waals surface area contributed by atoms with Crippen molar-refractivity contribution >= 4 is 65.9 Å². The lowest BCUT2D eigenvalue weighted by molar-refractivity contribution is 0.169. The van der Waals surface area contributed by atoms with E-state index in [1.807, 2.05) is 34.0 Å². The average Bonchev–Trinajstić information content (AvgIpc) is 3.75. The fraction of sp³-hybridized carbons (Fsp3) is 0.755. The van der Waals surface area contributed by atoms with Gasteiger partial charge >= 0.3 is 0 Å². The molecule has 0 fully saturated rings. The molecule has 1 aliphatic rings. The summed E-state index contributed by atoms with van der Waals surface area (Å²) in [5.74, 6) is 2.02. The molecule has 318 valence electrons. The van der Waals surface area contributed by atoms with Crippen LogP contribution in [0.3, 0.4) is 0 Å². The van der Waals surface area contributed by atoms with E-state index in [1.54, 1.807) is 22.3 Å². The Morgan fingerprint density at radius 2 is 0.679 bits per heavy atom. The Bertz CT molecular complexity index is 1410. The predicted molar refractivity (Wildman–Crippen MR) is 259 cm³/mol. The van der Waals surface area contributed by atoms with Gasteiger partial charge in [-0.25, -0.2) is 0 Å². The molecule has 2 unspecified atom stereocenters. The molecular formula is C49H78Br2O2S3. The van der Waals surface area contributed by atoms with E-state index in [9.17, 15) is 0 Å². The molecule has 0 saturated heterocycles. The Balaban J connectivity index is 1.76. The first-order chi connectivity index (χ1) is 27.3. The molecule has 0 aromatic carbocycles. The van der Waals surface area contributed by atoms with Gasteiger partial charge in [-0.15, -0.1) is 34.0 Å². The van der Waals surface area contributed by atoms with Crippen LogP contribution in [0.5, 0.6) is 11.5 Å². The van der Waals surface area contributed by atoms with Crippen LogP contribution < -0.4 is 9.47 Å². The van der Waals surface area contributed by atoms with E-state index in [0.717, 1.165) is 30.8 Å². The second-order valence-electron chi connectivity index (χ2n) is 16.9. The number of halogens is 2. The monoisotopic (exact) mass is 952 g/mol. The van der Waals surface area contributed by atoms with Gasteiger partial charge in [-0.1, -0.05) is 156 Å². The first kappa shape index (κ1) is 48.3. The van der Waals surface area contributed by atoms with E-state index in [1.165, 1.54) is 194 Å². The summed E-state index contributed by atoms with van der Waals surface area (Å²) < 4.78 is 16.7. The maximum atomic E-state index is 7.02. The lowest BCUT2D eigenvalue weighted by Crippen LogP contribution is -2.19. The molecule has 2 atom stereocenters. The van der Waals surface area contributed by atoms with Crippen molar-refractivity contribution in [2.75, 3.05) is 0 Å². The number of hydrogen-bond acceptors (Lipinski definition) is 5. The number of hydrogen-bond donors (Lipinski definition) is 0. The van der Waals surface area contributed by atoms with E-state index in [2.05, 4.69) is 73.4 Å². The van der Waals surface area contributed by atoms with E-state index < -0.39 is 0 Å². The lowest BCUT2D eigenvalue weighted by Gasteiger charge is -2.14. The molecule has 0 spiro atoms. The van der Waals surface area contributed by atoms with Gasteiger partial charge in [-0.05, 0) is 119 Å². The number of ether oxygens (including phenoxy) is 2. The molecule has 56 heavy (non-hydrogen) atoms. The lowest BCUT2D eigenvalue weighted by atomic mass is 9.97. The van der Waals surface area contributed by atoms with Crippen molar-refractivity contribution in [2.24, 2.45) is 0 Å². The molecule has 0 amide bonds. The highest BCUT2D eigenvalue weighted by molar-refractivity contribution is 9.11. The molecule has 4 rings (SSSR count). The quantitative estimate of drug-likeness (QED) is 0.0620. The third-order valence-corrected chi connectivity index (χ3v) is 17.3. The second kappa shape index (κ2) is 27.5. The van der Waals surface area contributed by atoms with Gasteiger partial charge in [0.15, 0.2) is 11.5 Å². The van der Waals surface area contributed by atoms with Crippen LogP contribution in [0, 0.1) is 0 Å². The molecule has 4 heterocycles. The maximum Gasteiger partial charge on any atom is 0.181 e. The molecule has 7 heteroatoms. The van der Waals surface area contributed by atoms with E-state index >= 15 is 0 Å². The van der Waals surface area contributed by atoms with Crippen LogP contribution in [-0.4, -0.2) is 12.2 Å². The van der Waals surface area contributed by atoms with Crippen molar-refractivity contribution < 1.29 is 9.47 Å². The SMILES string of the molecule is CCCCCCCCc1c(Br)sc(-c2sc(-c3sc(Br)c(CCCCCCCC)c3CCCCCCCC)c3c2OC(C)CC(C)O3)c1CCCCCCCC. The van der Waals surface area contributed by atoms with Gasteiger partial charge in [0.2, 0.25) is 0 Å². The van der Waals surface area contributed by atoms with Gasteiger partial charge in [0.1, 0.15) is 0 Å². The van der Waals surface area contributed by atoms with Gasteiger partial charge in [-0.2, -0.15) is 0 Å². The van der Waals surface area contributed by atoms with Crippen molar-refractivity contribution in [3.05, 3.63) is 29.8 Å². The van der Waals surface area contributed by atoms with Gasteiger partial charge in [0, 0.05) is 6.42 Å². The minimum absolute atomic E-state index is 0.112. The topological polar surface area (TPSA) is 18.5 Å². The third-order valence-electron chi connectivity index (χ3n) is 11.8. The number of rotatable bonds is 30. The summed E-state index contributed by atoms with van der Waals surface area (Å²) in [5.41, 5.74) is 6.30. The Hall–Kier alpha value is -0.340. The predicted octanol–water partition coefficient (Wildman–Crippen LogP) is 19.3. The molecule has 1 aliphatic heterocycles. The zero-order valence-electron chi connectivity index (χ0n) is 36.5. The molecule has 0 bridgehead atoms. The Morgan fingerprint density at radius 1 is 0.393 bits per heavy atom. The summed E-state index contributed by atoms with van der Waals surface area (Å²) >= 11 is 14.2. The van der Waals surface area contributed by atoms with Crippen LogP contribution in [-0.2, 0) is 25.7 Å². The van der Waals surface area contributed by atoms with Crippen LogP contribution in [0.4, 0.5) is 0 Å². The van der Waals surface area contributed by atoms with Crippen molar-refractivity contribution in [1.82, 2.24) is 0 Å². The molecule has 2 nitrogen and oxygen atoms in total. The minimum Gasteiger partial charge on any atom is -0.485 e. The molecule has 3 aromatic rings. The van der Waals surface area contributed by atoms with Crippen LogP contribution in [0.25, 0.3) is 19.5 Å². The van der Waals surface area contributed by atoms with E-state index in [-0.39, 0.29) is 12.2 Å². The first-order valence-electron chi connectivity index (χ1n) is 23.4. The molecule has 0 saturated carbocycles. The van der Waals surface area contributed by atoms with Crippen LogP contribution >= 0.6 is 65.9 Å². The average molecular weight is 955 g/mol.